The number of nitro groups is 1. The lowest BCUT2D eigenvalue weighted by atomic mass is 10.3. The first-order valence-corrected chi connectivity index (χ1v) is 11.2. The summed E-state index contributed by atoms with van der Waals surface area (Å²) in [6.45, 7) is -0.414. The molecule has 1 aliphatic heterocycles. The quantitative estimate of drug-likeness (QED) is 0.138. The summed E-state index contributed by atoms with van der Waals surface area (Å²) in [5.74, 6) is -2.29. The van der Waals surface area contributed by atoms with Crippen LogP contribution >= 0.6 is 21.6 Å². The van der Waals surface area contributed by atoms with Gasteiger partial charge in [-0.1, -0.05) is 10.8 Å². The van der Waals surface area contributed by atoms with E-state index in [0.29, 0.717) is 27.9 Å². The van der Waals surface area contributed by atoms with Crippen LogP contribution in [0.5, 0.6) is 11.8 Å². The van der Waals surface area contributed by atoms with Crippen LogP contribution < -0.4 is 5.01 Å². The first-order valence-electron chi connectivity index (χ1n) is 7.48. The van der Waals surface area contributed by atoms with E-state index in [-0.39, 0.29) is 12.1 Å². The molecule has 0 fully saturated rings. The first kappa shape index (κ1) is 21.9. The molecule has 0 unspecified atom stereocenters. The van der Waals surface area contributed by atoms with Gasteiger partial charge in [-0.3, -0.25) is 24.5 Å². The highest BCUT2D eigenvalue weighted by atomic mass is 33.1. The van der Waals surface area contributed by atoms with Crippen LogP contribution in [0.2, 0.25) is 0 Å². The van der Waals surface area contributed by atoms with E-state index >= 15 is 0 Å². The van der Waals surface area contributed by atoms with E-state index < -0.39 is 44.2 Å². The number of aromatic nitrogens is 1. The zero-order valence-corrected chi connectivity index (χ0v) is 16.4. The average Bonchev–Trinajstić information content (AvgIpc) is 2.89. The number of allylic oxidation sites excluding steroid dienone is 2. The molecule has 0 amide bonds. The number of nitrogens with zero attached hydrogens (tertiary/aromatic N) is 3. The highest BCUT2D eigenvalue weighted by Crippen LogP contribution is 2.39. The van der Waals surface area contributed by atoms with E-state index in [0.717, 1.165) is 15.8 Å². The fraction of sp³-hybridized carbons (Fsp3) is 0.308. The Kier molecular flexibility index (Phi) is 6.87. The van der Waals surface area contributed by atoms with Gasteiger partial charge >= 0.3 is 5.97 Å². The fourth-order valence-corrected chi connectivity index (χ4v) is 4.95. The Morgan fingerprint density at radius 1 is 1.32 bits per heavy atom. The number of aliphatic carboxylic acids is 1. The largest absolute Gasteiger partial charge is 0.493 e. The smallest absolute Gasteiger partial charge is 0.303 e. The molecule has 0 bridgehead atoms. The van der Waals surface area contributed by atoms with E-state index in [9.17, 15) is 33.5 Å². The number of carboxylic acids is 1. The second-order valence-corrected chi connectivity index (χ2v) is 9.18. The molecule has 1 aromatic heterocycles. The van der Waals surface area contributed by atoms with Crippen molar-refractivity contribution >= 4 is 37.7 Å². The Labute approximate surface area is 166 Å². The third kappa shape index (κ3) is 5.12. The predicted octanol–water partition coefficient (Wildman–Crippen LogP) is 1.35. The van der Waals surface area contributed by atoms with Gasteiger partial charge in [-0.15, -0.1) is 0 Å². The normalized spacial score (nSPS) is 14.5. The first-order chi connectivity index (χ1) is 13.0. The number of aromatic hydroxyl groups is 2. The van der Waals surface area contributed by atoms with Crippen molar-refractivity contribution in [3.63, 3.8) is 0 Å². The molecule has 1 aromatic rings. The number of carbonyl (C=O) groups is 1. The molecule has 15 heteroatoms. The molecule has 4 N–H and O–H groups in total. The summed E-state index contributed by atoms with van der Waals surface area (Å²) in [6.07, 6.45) is 2.90. The maximum Gasteiger partial charge on any atom is 0.303 e. The topological polar surface area (TPSA) is 183 Å². The van der Waals surface area contributed by atoms with Gasteiger partial charge in [0, 0.05) is 24.3 Å². The predicted molar refractivity (Wildman–Crippen MR) is 101 cm³/mol. The Bertz CT molecular complexity index is 952. The summed E-state index contributed by atoms with van der Waals surface area (Å²) in [5, 5.41) is 41.2. The molecular formula is C13H15N3O9S3. The summed E-state index contributed by atoms with van der Waals surface area (Å²) >= 11 is 0. The second kappa shape index (κ2) is 8.76. The SMILES string of the molecule is O=C(O)CCCSSC1=CC=C([N+](=O)[O-])CN1n1c(O)cc(S(=O)(=O)O)c1O. The lowest BCUT2D eigenvalue weighted by Crippen LogP contribution is -2.37. The summed E-state index contributed by atoms with van der Waals surface area (Å²) in [4.78, 5) is 20.0. The maximum absolute atomic E-state index is 11.3. The molecular weight excluding hydrogens is 438 g/mol. The van der Waals surface area contributed by atoms with Crippen molar-refractivity contribution in [1.29, 1.82) is 0 Å². The molecule has 0 aromatic carbocycles. The third-order valence-electron chi connectivity index (χ3n) is 3.40. The molecule has 2 rings (SSSR count). The third-order valence-corrected chi connectivity index (χ3v) is 6.71. The van der Waals surface area contributed by atoms with Gasteiger partial charge in [0.15, 0.2) is 4.90 Å². The van der Waals surface area contributed by atoms with E-state index in [1.54, 1.807) is 0 Å². The van der Waals surface area contributed by atoms with Crippen molar-refractivity contribution in [2.75, 3.05) is 17.3 Å². The van der Waals surface area contributed by atoms with Gasteiger partial charge in [-0.05, 0) is 23.3 Å². The number of carboxylic acid groups (broad SMARTS) is 1. The molecule has 0 radical (unpaired) electrons. The molecule has 0 spiro atoms. The lowest BCUT2D eigenvalue weighted by molar-refractivity contribution is -0.425. The molecule has 0 saturated carbocycles. The van der Waals surface area contributed by atoms with Crippen LogP contribution in [0.1, 0.15) is 12.8 Å². The minimum atomic E-state index is -4.85. The van der Waals surface area contributed by atoms with Crippen molar-refractivity contribution in [2.45, 2.75) is 17.7 Å². The summed E-state index contributed by atoms with van der Waals surface area (Å²) < 4.78 is 32.4. The molecule has 0 atom stereocenters. The summed E-state index contributed by atoms with van der Waals surface area (Å²) in [5.41, 5.74) is -0.291. The summed E-state index contributed by atoms with van der Waals surface area (Å²) in [6, 6.07) is 0.608. The molecule has 0 aliphatic carbocycles. The number of hydrogen-bond acceptors (Lipinski definition) is 10. The minimum absolute atomic E-state index is 0.0292. The maximum atomic E-state index is 11.3. The van der Waals surface area contributed by atoms with Crippen molar-refractivity contribution in [3.8, 4) is 11.8 Å². The van der Waals surface area contributed by atoms with Crippen LogP contribution in [-0.4, -0.2) is 56.2 Å². The second-order valence-electron chi connectivity index (χ2n) is 5.36. The Morgan fingerprint density at radius 3 is 2.54 bits per heavy atom. The van der Waals surface area contributed by atoms with Gasteiger partial charge in [-0.25, -0.2) is 0 Å². The highest BCUT2D eigenvalue weighted by molar-refractivity contribution is 8.78. The van der Waals surface area contributed by atoms with Crippen LogP contribution in [0.15, 0.2) is 33.8 Å². The number of rotatable bonds is 9. The van der Waals surface area contributed by atoms with E-state index in [1.165, 1.54) is 22.9 Å². The van der Waals surface area contributed by atoms with Crippen molar-refractivity contribution in [1.82, 2.24) is 4.68 Å². The van der Waals surface area contributed by atoms with Gasteiger partial charge in [0.2, 0.25) is 11.8 Å². The molecule has 12 nitrogen and oxygen atoms in total. The van der Waals surface area contributed by atoms with Gasteiger partial charge in [0.25, 0.3) is 15.8 Å². The van der Waals surface area contributed by atoms with Crippen LogP contribution in [0, 0.1) is 10.1 Å². The Balaban J connectivity index is 2.31. The molecule has 2 heterocycles. The highest BCUT2D eigenvalue weighted by Gasteiger charge is 2.31. The van der Waals surface area contributed by atoms with E-state index in [1.807, 2.05) is 0 Å². The Morgan fingerprint density at radius 2 is 2.00 bits per heavy atom. The summed E-state index contributed by atoms with van der Waals surface area (Å²) in [7, 11) is -2.52. The van der Waals surface area contributed by atoms with Crippen molar-refractivity contribution in [2.24, 2.45) is 0 Å². The van der Waals surface area contributed by atoms with E-state index in [4.69, 9.17) is 9.66 Å². The van der Waals surface area contributed by atoms with E-state index in [2.05, 4.69) is 0 Å². The number of hydrogen-bond donors (Lipinski definition) is 4. The molecule has 28 heavy (non-hydrogen) atoms. The van der Waals surface area contributed by atoms with Gasteiger partial charge in [-0.2, -0.15) is 13.1 Å². The van der Waals surface area contributed by atoms with Crippen LogP contribution in [0.3, 0.4) is 0 Å². The standard InChI is InChI=1S/C13H15N3O9S3/c17-10-6-9(28(23,24)25)13(20)15(10)14-7-8(16(21)22)3-4-11(14)27-26-5-1-2-12(18)19/h3-4,6,17,20H,1-2,5,7H2,(H,18,19)(H,23,24,25). The van der Waals surface area contributed by atoms with Crippen LogP contribution in [0.4, 0.5) is 0 Å². The fourth-order valence-electron chi connectivity index (χ4n) is 2.16. The Hall–Kier alpha value is -2.36. The monoisotopic (exact) mass is 453 g/mol. The van der Waals surface area contributed by atoms with Gasteiger partial charge < -0.3 is 15.3 Å². The molecule has 0 saturated heterocycles. The lowest BCUT2D eigenvalue weighted by Gasteiger charge is -2.29. The van der Waals surface area contributed by atoms with Crippen molar-refractivity contribution < 1.29 is 38.0 Å². The average molecular weight is 453 g/mol. The molecule has 1 aliphatic rings. The van der Waals surface area contributed by atoms with Crippen LogP contribution in [0.25, 0.3) is 0 Å². The molecule has 154 valence electrons. The van der Waals surface area contributed by atoms with Crippen molar-refractivity contribution in [3.05, 3.63) is 39.1 Å². The van der Waals surface area contributed by atoms with Crippen LogP contribution in [-0.2, 0) is 14.9 Å². The van der Waals surface area contributed by atoms with Gasteiger partial charge in [0.1, 0.15) is 11.6 Å². The minimum Gasteiger partial charge on any atom is -0.493 e. The van der Waals surface area contributed by atoms with Gasteiger partial charge in [0.05, 0.1) is 4.92 Å². The zero-order valence-electron chi connectivity index (χ0n) is 14.0. The zero-order chi connectivity index (χ0) is 21.1.